The summed E-state index contributed by atoms with van der Waals surface area (Å²) in [4.78, 5) is 25.4. The zero-order valence-electron chi connectivity index (χ0n) is 12.9. The van der Waals surface area contributed by atoms with Crippen LogP contribution in [0, 0.1) is 0 Å². The molecule has 0 aromatic heterocycles. The molecule has 1 aliphatic carbocycles. The Morgan fingerprint density at radius 1 is 1.08 bits per heavy atom. The van der Waals surface area contributed by atoms with Crippen molar-refractivity contribution < 1.29 is 9.59 Å². The molecule has 0 bridgehead atoms. The Bertz CT molecular complexity index is 745. The van der Waals surface area contributed by atoms with E-state index in [2.05, 4.69) is 10.6 Å². The highest BCUT2D eigenvalue weighted by molar-refractivity contribution is 8.00. The summed E-state index contributed by atoms with van der Waals surface area (Å²) in [6.45, 7) is 0. The Balaban J connectivity index is 1.59. The highest BCUT2D eigenvalue weighted by Gasteiger charge is 2.24. The van der Waals surface area contributed by atoms with Crippen LogP contribution in [-0.2, 0) is 4.79 Å². The number of para-hydroxylation sites is 1. The summed E-state index contributed by atoms with van der Waals surface area (Å²) in [5.41, 5.74) is 1.03. The molecule has 0 radical (unpaired) electrons. The SMILES string of the molecule is O=C(CSc1ccc(Cl)cc1)Nc1ccccc1C(=O)NC1CC1. The van der Waals surface area contributed by atoms with E-state index in [-0.39, 0.29) is 23.6 Å². The van der Waals surface area contributed by atoms with E-state index in [4.69, 9.17) is 11.6 Å². The van der Waals surface area contributed by atoms with Crippen LogP contribution in [-0.4, -0.2) is 23.6 Å². The first-order chi connectivity index (χ1) is 11.6. The van der Waals surface area contributed by atoms with Crippen molar-refractivity contribution in [1.82, 2.24) is 5.32 Å². The van der Waals surface area contributed by atoms with E-state index in [1.807, 2.05) is 12.1 Å². The Labute approximate surface area is 150 Å². The third-order valence-corrected chi connectivity index (χ3v) is 4.81. The van der Waals surface area contributed by atoms with Crippen molar-refractivity contribution in [2.24, 2.45) is 0 Å². The van der Waals surface area contributed by atoms with E-state index in [1.165, 1.54) is 11.8 Å². The Morgan fingerprint density at radius 3 is 2.50 bits per heavy atom. The minimum absolute atomic E-state index is 0.140. The number of rotatable bonds is 6. The molecule has 0 heterocycles. The van der Waals surface area contributed by atoms with Crippen molar-refractivity contribution in [1.29, 1.82) is 0 Å². The molecule has 1 saturated carbocycles. The van der Waals surface area contributed by atoms with Crippen LogP contribution in [0.15, 0.2) is 53.4 Å². The third-order valence-electron chi connectivity index (χ3n) is 3.54. The van der Waals surface area contributed by atoms with Gasteiger partial charge in [0, 0.05) is 16.0 Å². The number of nitrogens with one attached hydrogen (secondary N) is 2. The molecule has 2 aromatic carbocycles. The maximum absolute atomic E-state index is 12.2. The van der Waals surface area contributed by atoms with Gasteiger partial charge < -0.3 is 10.6 Å². The third kappa shape index (κ3) is 4.76. The van der Waals surface area contributed by atoms with E-state index in [1.54, 1.807) is 36.4 Å². The summed E-state index contributed by atoms with van der Waals surface area (Å²) < 4.78 is 0. The van der Waals surface area contributed by atoms with Gasteiger partial charge in [-0.05, 0) is 49.2 Å². The molecule has 0 aliphatic heterocycles. The molecule has 0 spiro atoms. The van der Waals surface area contributed by atoms with Gasteiger partial charge in [0.05, 0.1) is 17.0 Å². The van der Waals surface area contributed by atoms with Crippen molar-refractivity contribution in [3.63, 3.8) is 0 Å². The molecule has 24 heavy (non-hydrogen) atoms. The molecule has 124 valence electrons. The fourth-order valence-electron chi connectivity index (χ4n) is 2.15. The summed E-state index contributed by atoms with van der Waals surface area (Å²) >= 11 is 7.26. The number of hydrogen-bond donors (Lipinski definition) is 2. The van der Waals surface area contributed by atoms with Gasteiger partial charge in [-0.3, -0.25) is 9.59 Å². The zero-order chi connectivity index (χ0) is 16.9. The fourth-order valence-corrected chi connectivity index (χ4v) is 2.97. The van der Waals surface area contributed by atoms with E-state index < -0.39 is 0 Å². The highest BCUT2D eigenvalue weighted by atomic mass is 35.5. The average Bonchev–Trinajstić information content (AvgIpc) is 3.39. The predicted molar refractivity (Wildman–Crippen MR) is 97.7 cm³/mol. The molecule has 6 heteroatoms. The number of carbonyl (C=O) groups is 2. The maximum Gasteiger partial charge on any atom is 0.253 e. The Kier molecular flexibility index (Phi) is 5.43. The summed E-state index contributed by atoms with van der Waals surface area (Å²) in [7, 11) is 0. The van der Waals surface area contributed by atoms with Gasteiger partial charge >= 0.3 is 0 Å². The molecule has 3 rings (SSSR count). The monoisotopic (exact) mass is 360 g/mol. The number of carbonyl (C=O) groups excluding carboxylic acids is 2. The number of anilines is 1. The van der Waals surface area contributed by atoms with Crippen LogP contribution in [0.3, 0.4) is 0 Å². The van der Waals surface area contributed by atoms with E-state index in [9.17, 15) is 9.59 Å². The summed E-state index contributed by atoms with van der Waals surface area (Å²) in [5.74, 6) is -0.0272. The number of amides is 2. The van der Waals surface area contributed by atoms with Crippen LogP contribution in [0.25, 0.3) is 0 Å². The predicted octanol–water partition coefficient (Wildman–Crippen LogP) is 3.96. The molecular formula is C18H17ClN2O2S. The summed E-state index contributed by atoms with van der Waals surface area (Å²) in [5, 5.41) is 6.43. The first-order valence-electron chi connectivity index (χ1n) is 7.70. The second-order valence-electron chi connectivity index (χ2n) is 5.58. The highest BCUT2D eigenvalue weighted by Crippen LogP contribution is 2.23. The van der Waals surface area contributed by atoms with Crippen molar-refractivity contribution in [2.75, 3.05) is 11.1 Å². The Morgan fingerprint density at radius 2 is 1.79 bits per heavy atom. The molecule has 4 nitrogen and oxygen atoms in total. The minimum atomic E-state index is -0.151. The lowest BCUT2D eigenvalue weighted by molar-refractivity contribution is -0.113. The molecular weight excluding hydrogens is 344 g/mol. The molecule has 1 fully saturated rings. The second-order valence-corrected chi connectivity index (χ2v) is 7.07. The van der Waals surface area contributed by atoms with Gasteiger partial charge in [0.25, 0.3) is 5.91 Å². The van der Waals surface area contributed by atoms with Gasteiger partial charge in [-0.1, -0.05) is 23.7 Å². The number of halogens is 1. The molecule has 2 N–H and O–H groups in total. The zero-order valence-corrected chi connectivity index (χ0v) is 14.5. The van der Waals surface area contributed by atoms with Crippen LogP contribution >= 0.6 is 23.4 Å². The van der Waals surface area contributed by atoms with Crippen LogP contribution in [0.4, 0.5) is 5.69 Å². The lowest BCUT2D eigenvalue weighted by Gasteiger charge is -2.11. The average molecular weight is 361 g/mol. The first kappa shape index (κ1) is 16.9. The van der Waals surface area contributed by atoms with Gasteiger partial charge in [-0.15, -0.1) is 11.8 Å². The van der Waals surface area contributed by atoms with Gasteiger partial charge in [0.2, 0.25) is 5.91 Å². The number of benzene rings is 2. The number of thioether (sulfide) groups is 1. The van der Waals surface area contributed by atoms with E-state index in [0.29, 0.717) is 16.3 Å². The van der Waals surface area contributed by atoms with Crippen LogP contribution < -0.4 is 10.6 Å². The van der Waals surface area contributed by atoms with Gasteiger partial charge in [-0.25, -0.2) is 0 Å². The van der Waals surface area contributed by atoms with Crippen molar-refractivity contribution in [3.05, 3.63) is 59.1 Å². The molecule has 0 atom stereocenters. The Hall–Kier alpha value is -1.98. The molecule has 1 aliphatic rings. The topological polar surface area (TPSA) is 58.2 Å². The van der Waals surface area contributed by atoms with Crippen molar-refractivity contribution in [3.8, 4) is 0 Å². The maximum atomic E-state index is 12.2. The molecule has 0 unspecified atom stereocenters. The minimum Gasteiger partial charge on any atom is -0.349 e. The molecule has 2 amide bonds. The van der Waals surface area contributed by atoms with Gasteiger partial charge in [0.1, 0.15) is 0 Å². The van der Waals surface area contributed by atoms with Crippen LogP contribution in [0.5, 0.6) is 0 Å². The van der Waals surface area contributed by atoms with Crippen molar-refractivity contribution in [2.45, 2.75) is 23.8 Å². The lowest BCUT2D eigenvalue weighted by Crippen LogP contribution is -2.27. The van der Waals surface area contributed by atoms with Crippen molar-refractivity contribution >= 4 is 40.9 Å². The van der Waals surface area contributed by atoms with E-state index >= 15 is 0 Å². The summed E-state index contributed by atoms with van der Waals surface area (Å²) in [6.07, 6.45) is 2.05. The lowest BCUT2D eigenvalue weighted by atomic mass is 10.1. The quantitative estimate of drug-likeness (QED) is 0.766. The van der Waals surface area contributed by atoms with Crippen LogP contribution in [0.1, 0.15) is 23.2 Å². The smallest absolute Gasteiger partial charge is 0.253 e. The largest absolute Gasteiger partial charge is 0.349 e. The second kappa shape index (κ2) is 7.73. The van der Waals surface area contributed by atoms with Gasteiger partial charge in [0.15, 0.2) is 0 Å². The number of hydrogen-bond acceptors (Lipinski definition) is 3. The molecule has 2 aromatic rings. The fraction of sp³-hybridized carbons (Fsp3) is 0.222. The molecule has 0 saturated heterocycles. The summed E-state index contributed by atoms with van der Waals surface area (Å²) in [6, 6.07) is 14.7. The normalized spacial score (nSPS) is 13.4. The van der Waals surface area contributed by atoms with Gasteiger partial charge in [-0.2, -0.15) is 0 Å². The first-order valence-corrected chi connectivity index (χ1v) is 9.06. The van der Waals surface area contributed by atoms with E-state index in [0.717, 1.165) is 17.7 Å². The van der Waals surface area contributed by atoms with Crippen LogP contribution in [0.2, 0.25) is 5.02 Å². The standard InChI is InChI=1S/C18H17ClN2O2S/c19-12-5-9-14(10-6-12)24-11-17(22)21-16-4-2-1-3-15(16)18(23)20-13-7-8-13/h1-6,9-10,13H,7-8,11H2,(H,20,23)(H,21,22).